The van der Waals surface area contributed by atoms with Gasteiger partial charge in [0.2, 0.25) is 5.91 Å². The van der Waals surface area contributed by atoms with E-state index in [-0.39, 0.29) is 29.7 Å². The van der Waals surface area contributed by atoms with Crippen LogP contribution in [0.4, 0.5) is 17.1 Å². The van der Waals surface area contributed by atoms with Crippen LogP contribution in [0.1, 0.15) is 42.9 Å². The summed E-state index contributed by atoms with van der Waals surface area (Å²) in [5.41, 5.74) is 4.15. The second-order valence-electron chi connectivity index (χ2n) is 8.76. The van der Waals surface area contributed by atoms with E-state index in [1.165, 1.54) is 19.1 Å². The van der Waals surface area contributed by atoms with Crippen LogP contribution >= 0.6 is 11.6 Å². The van der Waals surface area contributed by atoms with Crippen molar-refractivity contribution < 1.29 is 14.5 Å². The largest absolute Gasteiger partial charge is 0.357 e. The number of halogens is 1. The molecule has 1 aliphatic carbocycles. The molecule has 0 unspecified atom stereocenters. The Hall–Kier alpha value is -3.97. The highest BCUT2D eigenvalue weighted by molar-refractivity contribution is 6.30. The molecule has 0 fully saturated rings. The maximum absolute atomic E-state index is 13.8. The first-order chi connectivity index (χ1) is 16.8. The maximum atomic E-state index is 13.8. The lowest BCUT2D eigenvalue weighted by molar-refractivity contribution is -0.384. The van der Waals surface area contributed by atoms with Crippen molar-refractivity contribution in [2.45, 2.75) is 31.7 Å². The molecule has 0 saturated heterocycles. The number of hydrogen-bond acceptors (Lipinski definition) is 5. The number of nitro groups is 1. The molecule has 1 amide bonds. The van der Waals surface area contributed by atoms with Crippen LogP contribution < -0.4 is 10.2 Å². The van der Waals surface area contributed by atoms with Crippen LogP contribution in [-0.4, -0.2) is 16.6 Å². The Bertz CT molecular complexity index is 1380. The zero-order valence-electron chi connectivity index (χ0n) is 18.9. The van der Waals surface area contributed by atoms with E-state index < -0.39 is 11.0 Å². The number of carbonyl (C=O) groups is 2. The number of nitro benzene ring substituents is 1. The number of nitrogens with zero attached hydrogens (tertiary/aromatic N) is 2. The molecule has 0 saturated carbocycles. The summed E-state index contributed by atoms with van der Waals surface area (Å²) >= 11 is 6.13. The predicted molar refractivity (Wildman–Crippen MR) is 135 cm³/mol. The number of rotatable bonds is 3. The number of allylic oxidation sites excluding steroid dienone is 1. The first-order valence-electron chi connectivity index (χ1n) is 11.3. The van der Waals surface area contributed by atoms with Crippen LogP contribution in [0.15, 0.2) is 84.1 Å². The summed E-state index contributed by atoms with van der Waals surface area (Å²) in [6, 6.07) is 20.4. The Morgan fingerprint density at radius 1 is 1.03 bits per heavy atom. The van der Waals surface area contributed by atoms with Gasteiger partial charge in [-0.1, -0.05) is 48.0 Å². The van der Waals surface area contributed by atoms with Crippen molar-refractivity contribution in [3.8, 4) is 0 Å². The van der Waals surface area contributed by atoms with Gasteiger partial charge in [0.15, 0.2) is 5.78 Å². The lowest BCUT2D eigenvalue weighted by atomic mass is 9.78. The molecule has 1 aliphatic heterocycles. The molecule has 0 bridgehead atoms. The Morgan fingerprint density at radius 3 is 2.49 bits per heavy atom. The van der Waals surface area contributed by atoms with Crippen LogP contribution in [0.25, 0.3) is 0 Å². The molecule has 0 spiro atoms. The molecule has 0 aromatic heterocycles. The van der Waals surface area contributed by atoms with Crippen LogP contribution in [0.3, 0.4) is 0 Å². The van der Waals surface area contributed by atoms with Crippen molar-refractivity contribution in [2.24, 2.45) is 0 Å². The molecule has 176 valence electrons. The van der Waals surface area contributed by atoms with Gasteiger partial charge in [0.1, 0.15) is 0 Å². The topological polar surface area (TPSA) is 92.6 Å². The van der Waals surface area contributed by atoms with Crippen molar-refractivity contribution in [3.05, 3.63) is 110 Å². The Labute approximate surface area is 207 Å². The summed E-state index contributed by atoms with van der Waals surface area (Å²) in [4.78, 5) is 39.3. The average molecular weight is 488 g/mol. The summed E-state index contributed by atoms with van der Waals surface area (Å²) in [5.74, 6) is -0.522. The van der Waals surface area contributed by atoms with Crippen LogP contribution in [0, 0.1) is 10.1 Å². The average Bonchev–Trinajstić information content (AvgIpc) is 2.99. The number of benzene rings is 3. The Kier molecular flexibility index (Phi) is 5.86. The first-order valence-corrected chi connectivity index (χ1v) is 11.6. The molecule has 1 N–H and O–H groups in total. The summed E-state index contributed by atoms with van der Waals surface area (Å²) in [5, 5.41) is 15.3. The molecule has 7 nitrogen and oxygen atoms in total. The van der Waals surface area contributed by atoms with E-state index >= 15 is 0 Å². The van der Waals surface area contributed by atoms with Gasteiger partial charge >= 0.3 is 0 Å². The standard InChI is InChI=1S/C27H22ClN3O4/c1-16(32)30-24-8-3-2-7-22(24)29-23-14-19(18-5-4-6-21(13-18)31(34)35)15-25(33)26(23)27(30)17-9-11-20(28)12-10-17/h2-13,19,27,29H,14-15H2,1H3/t19-,27+/m1/s1. The first kappa shape index (κ1) is 22.8. The minimum Gasteiger partial charge on any atom is -0.357 e. The molecule has 5 rings (SSSR count). The summed E-state index contributed by atoms with van der Waals surface area (Å²) in [7, 11) is 0. The van der Waals surface area contributed by atoms with E-state index in [1.807, 2.05) is 42.5 Å². The summed E-state index contributed by atoms with van der Waals surface area (Å²) in [6.07, 6.45) is 0.667. The van der Waals surface area contributed by atoms with Crippen LogP contribution in [0.5, 0.6) is 0 Å². The minimum absolute atomic E-state index is 0.00399. The lowest BCUT2D eigenvalue weighted by Crippen LogP contribution is -2.37. The third kappa shape index (κ3) is 4.19. The number of Topliss-reactive ketones (excluding diaryl/α,β-unsaturated/α-hetero) is 1. The van der Waals surface area contributed by atoms with Crippen molar-refractivity contribution in [1.29, 1.82) is 0 Å². The fourth-order valence-corrected chi connectivity index (χ4v) is 5.15. The highest BCUT2D eigenvalue weighted by atomic mass is 35.5. The zero-order valence-corrected chi connectivity index (χ0v) is 19.7. The number of nitrogens with one attached hydrogen (secondary N) is 1. The van der Waals surface area contributed by atoms with E-state index in [2.05, 4.69) is 5.32 Å². The Balaban J connectivity index is 1.67. The van der Waals surface area contributed by atoms with Crippen molar-refractivity contribution in [1.82, 2.24) is 0 Å². The smallest absolute Gasteiger partial charge is 0.269 e. The third-order valence-electron chi connectivity index (χ3n) is 6.57. The normalized spacial score (nSPS) is 19.4. The number of ketones is 1. The minimum atomic E-state index is -0.630. The molecule has 8 heteroatoms. The van der Waals surface area contributed by atoms with Gasteiger partial charge in [0, 0.05) is 41.8 Å². The zero-order chi connectivity index (χ0) is 24.7. The van der Waals surface area contributed by atoms with E-state index in [9.17, 15) is 19.7 Å². The maximum Gasteiger partial charge on any atom is 0.269 e. The second kappa shape index (κ2) is 9.00. The predicted octanol–water partition coefficient (Wildman–Crippen LogP) is 6.17. The SMILES string of the molecule is CC(=O)N1c2ccccc2NC2=C(C(=O)C[C@H](c3cccc([N+](=O)[O-])c3)C2)[C@@H]1c1ccc(Cl)cc1. The van der Waals surface area contributed by atoms with Crippen molar-refractivity contribution >= 4 is 40.4 Å². The number of non-ortho nitro benzene ring substituents is 1. The molecule has 35 heavy (non-hydrogen) atoms. The second-order valence-corrected chi connectivity index (χ2v) is 9.19. The van der Waals surface area contributed by atoms with E-state index in [0.29, 0.717) is 28.4 Å². The molecule has 3 aromatic rings. The molecule has 1 heterocycles. The van der Waals surface area contributed by atoms with Gasteiger partial charge in [-0.25, -0.2) is 0 Å². The van der Waals surface area contributed by atoms with E-state index in [1.54, 1.807) is 23.1 Å². The number of para-hydroxylation sites is 2. The van der Waals surface area contributed by atoms with Gasteiger partial charge in [-0.3, -0.25) is 24.6 Å². The third-order valence-corrected chi connectivity index (χ3v) is 6.82. The quantitative estimate of drug-likeness (QED) is 0.352. The number of fused-ring (bicyclic) bond motifs is 1. The summed E-state index contributed by atoms with van der Waals surface area (Å²) in [6.45, 7) is 1.49. The van der Waals surface area contributed by atoms with Gasteiger partial charge in [-0.15, -0.1) is 0 Å². The van der Waals surface area contributed by atoms with Crippen LogP contribution in [-0.2, 0) is 9.59 Å². The van der Waals surface area contributed by atoms with Crippen molar-refractivity contribution in [3.63, 3.8) is 0 Å². The number of hydrogen-bond donors (Lipinski definition) is 1. The van der Waals surface area contributed by atoms with E-state index in [0.717, 1.165) is 16.8 Å². The van der Waals surface area contributed by atoms with Gasteiger partial charge in [-0.05, 0) is 47.7 Å². The molecular weight excluding hydrogens is 466 g/mol. The molecule has 3 aromatic carbocycles. The fraction of sp³-hybridized carbons (Fsp3) is 0.185. The van der Waals surface area contributed by atoms with Gasteiger partial charge < -0.3 is 5.32 Å². The van der Waals surface area contributed by atoms with Crippen molar-refractivity contribution in [2.75, 3.05) is 10.2 Å². The monoisotopic (exact) mass is 487 g/mol. The fourth-order valence-electron chi connectivity index (χ4n) is 5.03. The highest BCUT2D eigenvalue weighted by Crippen LogP contribution is 2.47. The molecular formula is C27H22ClN3O4. The number of anilines is 2. The summed E-state index contributed by atoms with van der Waals surface area (Å²) < 4.78 is 0. The molecule has 2 atom stereocenters. The van der Waals surface area contributed by atoms with Gasteiger partial charge in [0.25, 0.3) is 5.69 Å². The van der Waals surface area contributed by atoms with Crippen LogP contribution in [0.2, 0.25) is 5.02 Å². The van der Waals surface area contributed by atoms with Gasteiger partial charge in [0.05, 0.1) is 22.3 Å². The van der Waals surface area contributed by atoms with E-state index in [4.69, 9.17) is 11.6 Å². The number of amides is 1. The number of carbonyl (C=O) groups excluding carboxylic acids is 2. The highest BCUT2D eigenvalue weighted by Gasteiger charge is 2.40. The van der Waals surface area contributed by atoms with Gasteiger partial charge in [-0.2, -0.15) is 0 Å². The Morgan fingerprint density at radius 2 is 1.77 bits per heavy atom. The molecule has 2 aliphatic rings. The lowest BCUT2D eigenvalue weighted by Gasteiger charge is -2.34. The molecule has 0 radical (unpaired) electrons.